The van der Waals surface area contributed by atoms with Crippen LogP contribution in [0.5, 0.6) is 0 Å². The van der Waals surface area contributed by atoms with Gasteiger partial charge in [-0.1, -0.05) is 68.1 Å². The van der Waals surface area contributed by atoms with Gasteiger partial charge >= 0.3 is 0 Å². The second kappa shape index (κ2) is 8.78. The summed E-state index contributed by atoms with van der Waals surface area (Å²) < 4.78 is 14.4. The van der Waals surface area contributed by atoms with E-state index in [1.807, 2.05) is 54.6 Å². The number of nitrogens with zero attached hydrogens (tertiary/aromatic N) is 1. The number of amides is 2. The van der Waals surface area contributed by atoms with Gasteiger partial charge < -0.3 is 5.32 Å². The van der Waals surface area contributed by atoms with Crippen LogP contribution < -0.4 is 10.2 Å². The van der Waals surface area contributed by atoms with Gasteiger partial charge in [-0.15, -0.1) is 0 Å². The summed E-state index contributed by atoms with van der Waals surface area (Å²) in [6.07, 6.45) is 0. The van der Waals surface area contributed by atoms with Gasteiger partial charge in [-0.25, -0.2) is 9.29 Å². The molecule has 0 aliphatic carbocycles. The number of anilines is 2. The van der Waals surface area contributed by atoms with Crippen molar-refractivity contribution in [1.29, 1.82) is 0 Å². The fourth-order valence-electron chi connectivity index (χ4n) is 3.27. The average Bonchev–Trinajstić information content (AvgIpc) is 2.99. The monoisotopic (exact) mass is 432 g/mol. The predicted octanol–water partition coefficient (Wildman–Crippen LogP) is 5.94. The van der Waals surface area contributed by atoms with Crippen molar-refractivity contribution in [3.8, 4) is 0 Å². The number of carbonyl (C=O) groups excluding carboxylic acids is 2. The second-order valence-corrected chi connectivity index (χ2v) is 8.50. The van der Waals surface area contributed by atoms with Crippen molar-refractivity contribution in [1.82, 2.24) is 0 Å². The Kier molecular flexibility index (Phi) is 5.91. The molecule has 1 heterocycles. The van der Waals surface area contributed by atoms with Crippen LogP contribution in [0.4, 0.5) is 15.8 Å². The largest absolute Gasteiger partial charge is 0.350 e. The lowest BCUT2D eigenvalue weighted by Gasteiger charge is -2.16. The van der Waals surface area contributed by atoms with Crippen LogP contribution >= 0.6 is 11.8 Å². The molecular formula is C25H21FN2O2S. The summed E-state index contributed by atoms with van der Waals surface area (Å²) in [7, 11) is 0. The van der Waals surface area contributed by atoms with Crippen LogP contribution in [0.3, 0.4) is 0 Å². The van der Waals surface area contributed by atoms with E-state index in [2.05, 4.69) is 19.2 Å². The Morgan fingerprint density at radius 3 is 2.13 bits per heavy atom. The summed E-state index contributed by atoms with van der Waals surface area (Å²) in [6.45, 7) is 4.20. The Balaban J connectivity index is 1.73. The Hall–Kier alpha value is -3.38. The van der Waals surface area contributed by atoms with Crippen LogP contribution in [0.25, 0.3) is 0 Å². The Bertz CT molecular complexity index is 1160. The molecule has 2 amide bonds. The number of carbonyl (C=O) groups is 2. The zero-order chi connectivity index (χ0) is 22.0. The highest BCUT2D eigenvalue weighted by molar-refractivity contribution is 8.04. The maximum absolute atomic E-state index is 14.4. The molecule has 0 radical (unpaired) electrons. The van der Waals surface area contributed by atoms with Gasteiger partial charge in [0.1, 0.15) is 16.4 Å². The van der Waals surface area contributed by atoms with Crippen molar-refractivity contribution in [2.75, 3.05) is 10.2 Å². The van der Waals surface area contributed by atoms with Crippen LogP contribution in [-0.4, -0.2) is 11.8 Å². The van der Waals surface area contributed by atoms with Crippen LogP contribution in [0, 0.1) is 5.82 Å². The number of para-hydroxylation sites is 1. The highest BCUT2D eigenvalue weighted by Crippen LogP contribution is 2.38. The summed E-state index contributed by atoms with van der Waals surface area (Å²) in [4.78, 5) is 28.4. The van der Waals surface area contributed by atoms with E-state index in [0.29, 0.717) is 11.6 Å². The van der Waals surface area contributed by atoms with E-state index in [9.17, 15) is 14.0 Å². The van der Waals surface area contributed by atoms with Gasteiger partial charge in [0.2, 0.25) is 0 Å². The van der Waals surface area contributed by atoms with Gasteiger partial charge in [0, 0.05) is 10.6 Å². The van der Waals surface area contributed by atoms with Gasteiger partial charge in [-0.3, -0.25) is 9.59 Å². The number of hydrogen-bond donors (Lipinski definition) is 1. The highest BCUT2D eigenvalue weighted by Gasteiger charge is 2.41. The van der Waals surface area contributed by atoms with E-state index in [4.69, 9.17) is 0 Å². The summed E-state index contributed by atoms with van der Waals surface area (Å²) in [6, 6.07) is 22.8. The SMILES string of the molecule is CC(C)c1ccc(NC2=C(Sc3ccccc3)C(=O)N(c3ccccc3F)C2=O)cc1. The standard InChI is InChI=1S/C25H21FN2O2S/c1-16(2)17-12-14-18(15-13-17)27-22-23(31-19-8-4-3-5-9-19)25(30)28(24(22)29)21-11-7-6-10-20(21)26/h3-16,27H,1-2H3. The van der Waals surface area contributed by atoms with Gasteiger partial charge in [0.15, 0.2) is 0 Å². The molecule has 0 aromatic heterocycles. The van der Waals surface area contributed by atoms with E-state index < -0.39 is 17.6 Å². The maximum atomic E-state index is 14.4. The summed E-state index contributed by atoms with van der Waals surface area (Å²) >= 11 is 1.19. The van der Waals surface area contributed by atoms with Crippen LogP contribution in [0.15, 0.2) is 94.4 Å². The molecule has 3 aromatic carbocycles. The van der Waals surface area contributed by atoms with E-state index >= 15 is 0 Å². The van der Waals surface area contributed by atoms with Gasteiger partial charge in [0.05, 0.1) is 5.69 Å². The maximum Gasteiger partial charge on any atom is 0.283 e. The van der Waals surface area contributed by atoms with Crippen LogP contribution in [0.2, 0.25) is 0 Å². The molecule has 0 spiro atoms. The summed E-state index contributed by atoms with van der Waals surface area (Å²) in [5, 5.41) is 3.10. The van der Waals surface area contributed by atoms with Crippen LogP contribution in [0.1, 0.15) is 25.3 Å². The number of halogens is 1. The molecule has 4 rings (SSSR count). The molecule has 3 aromatic rings. The Morgan fingerprint density at radius 1 is 0.839 bits per heavy atom. The lowest BCUT2D eigenvalue weighted by molar-refractivity contribution is -0.120. The lowest BCUT2D eigenvalue weighted by atomic mass is 10.0. The smallest absolute Gasteiger partial charge is 0.283 e. The number of rotatable bonds is 6. The van der Waals surface area contributed by atoms with Crippen molar-refractivity contribution >= 4 is 35.0 Å². The molecule has 1 N–H and O–H groups in total. The minimum absolute atomic E-state index is 0.0596. The molecule has 1 aliphatic rings. The lowest BCUT2D eigenvalue weighted by Crippen LogP contribution is -2.33. The van der Waals surface area contributed by atoms with E-state index in [-0.39, 0.29) is 16.3 Å². The Morgan fingerprint density at radius 2 is 1.48 bits per heavy atom. The molecule has 0 saturated carbocycles. The number of benzene rings is 3. The molecule has 0 saturated heterocycles. The Labute approximate surface area is 184 Å². The molecule has 0 fully saturated rings. The van der Waals surface area contributed by atoms with Crippen LogP contribution in [-0.2, 0) is 9.59 Å². The fraction of sp³-hybridized carbons (Fsp3) is 0.120. The summed E-state index contributed by atoms with van der Waals surface area (Å²) in [5.74, 6) is -1.38. The molecule has 6 heteroatoms. The predicted molar refractivity (Wildman–Crippen MR) is 122 cm³/mol. The third kappa shape index (κ3) is 4.25. The van der Waals surface area contributed by atoms with Crippen molar-refractivity contribution in [2.24, 2.45) is 0 Å². The molecular weight excluding hydrogens is 411 g/mol. The minimum atomic E-state index is -0.629. The third-order valence-electron chi connectivity index (χ3n) is 4.94. The van der Waals surface area contributed by atoms with Gasteiger partial charge in [-0.05, 0) is 47.9 Å². The van der Waals surface area contributed by atoms with Crippen molar-refractivity contribution in [3.63, 3.8) is 0 Å². The first-order chi connectivity index (χ1) is 15.0. The number of imide groups is 1. The van der Waals surface area contributed by atoms with Crippen molar-refractivity contribution < 1.29 is 14.0 Å². The third-order valence-corrected chi connectivity index (χ3v) is 6.04. The average molecular weight is 433 g/mol. The fourth-order valence-corrected chi connectivity index (χ4v) is 4.22. The van der Waals surface area contributed by atoms with Gasteiger partial charge in [-0.2, -0.15) is 0 Å². The molecule has 0 atom stereocenters. The quantitative estimate of drug-likeness (QED) is 0.490. The first kappa shape index (κ1) is 20.9. The molecule has 1 aliphatic heterocycles. The number of thioether (sulfide) groups is 1. The molecule has 4 nitrogen and oxygen atoms in total. The first-order valence-corrected chi connectivity index (χ1v) is 10.7. The zero-order valence-electron chi connectivity index (χ0n) is 17.1. The molecule has 156 valence electrons. The normalized spacial score (nSPS) is 14.0. The molecule has 31 heavy (non-hydrogen) atoms. The van der Waals surface area contributed by atoms with E-state index in [1.54, 1.807) is 6.07 Å². The molecule has 0 unspecified atom stereocenters. The summed E-state index contributed by atoms with van der Waals surface area (Å²) in [5.41, 5.74) is 1.93. The van der Waals surface area contributed by atoms with Gasteiger partial charge in [0.25, 0.3) is 11.8 Å². The first-order valence-electron chi connectivity index (χ1n) is 9.93. The van der Waals surface area contributed by atoms with Crippen molar-refractivity contribution in [3.05, 3.63) is 101 Å². The highest BCUT2D eigenvalue weighted by atomic mass is 32.2. The minimum Gasteiger partial charge on any atom is -0.350 e. The van der Waals surface area contributed by atoms with E-state index in [1.165, 1.54) is 35.5 Å². The zero-order valence-corrected chi connectivity index (χ0v) is 17.9. The topological polar surface area (TPSA) is 49.4 Å². The number of nitrogens with one attached hydrogen (secondary N) is 1. The molecule has 0 bridgehead atoms. The van der Waals surface area contributed by atoms with Crippen molar-refractivity contribution in [2.45, 2.75) is 24.7 Å². The van der Waals surface area contributed by atoms with E-state index in [0.717, 1.165) is 9.80 Å². The number of hydrogen-bond acceptors (Lipinski definition) is 4. The second-order valence-electron chi connectivity index (χ2n) is 7.42.